The van der Waals surface area contributed by atoms with Crippen molar-refractivity contribution in [3.63, 3.8) is 0 Å². The van der Waals surface area contributed by atoms with E-state index in [-0.39, 0.29) is 5.78 Å². The lowest BCUT2D eigenvalue weighted by atomic mass is 9.94. The summed E-state index contributed by atoms with van der Waals surface area (Å²) in [7, 11) is 0. The molecule has 15 heavy (non-hydrogen) atoms. The fourth-order valence-electron chi connectivity index (χ4n) is 1.50. The van der Waals surface area contributed by atoms with E-state index in [1.165, 1.54) is 6.92 Å². The Hall–Kier alpha value is -1.97. The monoisotopic (exact) mass is 203 g/mol. The summed E-state index contributed by atoms with van der Waals surface area (Å²) in [5.74, 6) is -1.71. The smallest absolute Gasteiger partial charge is 0.317 e. The van der Waals surface area contributed by atoms with Gasteiger partial charge in [0.15, 0.2) is 5.92 Å². The van der Waals surface area contributed by atoms with Gasteiger partial charge in [-0.1, -0.05) is 35.5 Å². The Kier molecular flexibility index (Phi) is 2.33. The van der Waals surface area contributed by atoms with E-state index in [2.05, 4.69) is 9.99 Å². The molecule has 0 N–H and O–H groups in total. The zero-order chi connectivity index (χ0) is 10.8. The van der Waals surface area contributed by atoms with Crippen molar-refractivity contribution in [3.05, 3.63) is 35.9 Å². The van der Waals surface area contributed by atoms with Crippen molar-refractivity contribution >= 4 is 17.5 Å². The molecule has 1 aromatic carbocycles. The lowest BCUT2D eigenvalue weighted by Gasteiger charge is -2.04. The maximum absolute atomic E-state index is 11.3. The first-order chi connectivity index (χ1) is 7.20. The van der Waals surface area contributed by atoms with E-state index in [1.807, 2.05) is 18.2 Å². The summed E-state index contributed by atoms with van der Waals surface area (Å²) in [6.45, 7) is 1.36. The molecule has 76 valence electrons. The highest BCUT2D eigenvalue weighted by Crippen LogP contribution is 2.19. The SMILES string of the molecule is CC(=O)C1C(=O)ON=C1c1ccccc1. The average molecular weight is 203 g/mol. The first kappa shape index (κ1) is 9.58. The van der Waals surface area contributed by atoms with Gasteiger partial charge >= 0.3 is 5.97 Å². The molecule has 0 saturated carbocycles. The fraction of sp³-hybridized carbons (Fsp3) is 0.182. The van der Waals surface area contributed by atoms with E-state index >= 15 is 0 Å². The molecular formula is C11H9NO3. The Morgan fingerprint density at radius 3 is 2.60 bits per heavy atom. The third-order valence-electron chi connectivity index (χ3n) is 2.22. The number of oxime groups is 1. The van der Waals surface area contributed by atoms with Gasteiger partial charge in [0.2, 0.25) is 0 Å². The number of rotatable bonds is 2. The van der Waals surface area contributed by atoms with Gasteiger partial charge in [-0.2, -0.15) is 0 Å². The average Bonchev–Trinajstić information content (AvgIpc) is 2.61. The second-order valence-corrected chi connectivity index (χ2v) is 3.30. The molecule has 0 fully saturated rings. The lowest BCUT2D eigenvalue weighted by molar-refractivity contribution is -0.145. The number of carbonyl (C=O) groups is 2. The molecule has 1 unspecified atom stereocenters. The van der Waals surface area contributed by atoms with Crippen LogP contribution in [0, 0.1) is 5.92 Å². The number of nitrogens with zero attached hydrogens (tertiary/aromatic N) is 1. The molecule has 0 aromatic heterocycles. The Morgan fingerprint density at radius 2 is 2.00 bits per heavy atom. The van der Waals surface area contributed by atoms with Crippen LogP contribution in [0.2, 0.25) is 0 Å². The first-order valence-corrected chi connectivity index (χ1v) is 4.55. The maximum atomic E-state index is 11.3. The van der Waals surface area contributed by atoms with Crippen molar-refractivity contribution < 1.29 is 14.4 Å². The van der Waals surface area contributed by atoms with Crippen LogP contribution in [0.4, 0.5) is 0 Å². The van der Waals surface area contributed by atoms with Crippen molar-refractivity contribution in [2.75, 3.05) is 0 Å². The number of hydrogen-bond donors (Lipinski definition) is 0. The molecule has 0 radical (unpaired) electrons. The van der Waals surface area contributed by atoms with Gasteiger partial charge in [-0.25, -0.2) is 4.79 Å². The summed E-state index contributed by atoms with van der Waals surface area (Å²) in [4.78, 5) is 27.0. The van der Waals surface area contributed by atoms with Gasteiger partial charge in [-0.3, -0.25) is 4.79 Å². The van der Waals surface area contributed by atoms with Crippen molar-refractivity contribution in [1.29, 1.82) is 0 Å². The van der Waals surface area contributed by atoms with Crippen LogP contribution in [0.3, 0.4) is 0 Å². The van der Waals surface area contributed by atoms with Gasteiger partial charge in [0.25, 0.3) is 0 Å². The zero-order valence-electron chi connectivity index (χ0n) is 8.14. The highest BCUT2D eigenvalue weighted by Gasteiger charge is 2.37. The molecule has 4 nitrogen and oxygen atoms in total. The van der Waals surface area contributed by atoms with Crippen LogP contribution in [0.15, 0.2) is 35.5 Å². The van der Waals surface area contributed by atoms with Crippen molar-refractivity contribution in [1.82, 2.24) is 0 Å². The van der Waals surface area contributed by atoms with Crippen LogP contribution in [0.5, 0.6) is 0 Å². The first-order valence-electron chi connectivity index (χ1n) is 4.55. The molecule has 1 aliphatic heterocycles. The van der Waals surface area contributed by atoms with E-state index in [0.29, 0.717) is 5.71 Å². The van der Waals surface area contributed by atoms with Crippen molar-refractivity contribution in [2.24, 2.45) is 11.1 Å². The molecule has 2 rings (SSSR count). The number of carbonyl (C=O) groups excluding carboxylic acids is 2. The second kappa shape index (κ2) is 3.65. The summed E-state index contributed by atoms with van der Waals surface area (Å²) in [5, 5.41) is 3.64. The molecule has 0 amide bonds. The van der Waals surface area contributed by atoms with Crippen LogP contribution >= 0.6 is 0 Å². The Balaban J connectivity index is 2.38. The molecule has 0 saturated heterocycles. The highest BCUT2D eigenvalue weighted by atomic mass is 16.7. The second-order valence-electron chi connectivity index (χ2n) is 3.30. The molecule has 0 aliphatic carbocycles. The quantitative estimate of drug-likeness (QED) is 0.535. The predicted molar refractivity (Wildman–Crippen MR) is 53.2 cm³/mol. The number of hydrogen-bond acceptors (Lipinski definition) is 4. The van der Waals surface area contributed by atoms with E-state index in [9.17, 15) is 9.59 Å². The zero-order valence-corrected chi connectivity index (χ0v) is 8.14. The number of Topliss-reactive ketones (excluding diaryl/α,β-unsaturated/α-hetero) is 1. The van der Waals surface area contributed by atoms with E-state index < -0.39 is 11.9 Å². The normalized spacial score (nSPS) is 19.7. The van der Waals surface area contributed by atoms with Gasteiger partial charge in [0, 0.05) is 5.56 Å². The van der Waals surface area contributed by atoms with Crippen LogP contribution in [0.1, 0.15) is 12.5 Å². The molecule has 1 aromatic rings. The summed E-state index contributed by atoms with van der Waals surface area (Å²) in [5.41, 5.74) is 1.14. The molecule has 0 bridgehead atoms. The minimum atomic E-state index is -0.868. The maximum Gasteiger partial charge on any atom is 0.351 e. The molecule has 0 spiro atoms. The van der Waals surface area contributed by atoms with Gasteiger partial charge in [-0.15, -0.1) is 0 Å². The van der Waals surface area contributed by atoms with E-state index in [4.69, 9.17) is 0 Å². The third-order valence-corrected chi connectivity index (χ3v) is 2.22. The predicted octanol–water partition coefficient (Wildman–Crippen LogP) is 1.15. The van der Waals surface area contributed by atoms with Crippen LogP contribution < -0.4 is 0 Å². The lowest BCUT2D eigenvalue weighted by Crippen LogP contribution is -2.26. The van der Waals surface area contributed by atoms with E-state index in [1.54, 1.807) is 12.1 Å². The van der Waals surface area contributed by atoms with Gasteiger partial charge in [0.05, 0.1) is 0 Å². The number of ketones is 1. The highest BCUT2D eigenvalue weighted by molar-refractivity contribution is 6.25. The molecule has 1 aliphatic rings. The molecular weight excluding hydrogens is 194 g/mol. The topological polar surface area (TPSA) is 55.7 Å². The minimum Gasteiger partial charge on any atom is -0.317 e. The molecule has 1 heterocycles. The Labute approximate surface area is 86.5 Å². The van der Waals surface area contributed by atoms with Crippen molar-refractivity contribution in [3.8, 4) is 0 Å². The number of benzene rings is 1. The van der Waals surface area contributed by atoms with Crippen LogP contribution in [-0.2, 0) is 14.4 Å². The fourth-order valence-corrected chi connectivity index (χ4v) is 1.50. The summed E-state index contributed by atoms with van der Waals surface area (Å²) < 4.78 is 0. The van der Waals surface area contributed by atoms with Gasteiger partial charge < -0.3 is 4.84 Å². The molecule has 1 atom stereocenters. The van der Waals surface area contributed by atoms with Crippen molar-refractivity contribution in [2.45, 2.75) is 6.92 Å². The summed E-state index contributed by atoms with van der Waals surface area (Å²) in [6, 6.07) is 9.06. The minimum absolute atomic E-state index is 0.250. The summed E-state index contributed by atoms with van der Waals surface area (Å²) >= 11 is 0. The van der Waals surface area contributed by atoms with E-state index in [0.717, 1.165) is 5.56 Å². The van der Waals surface area contributed by atoms with Gasteiger partial charge in [-0.05, 0) is 6.92 Å². The standard InChI is InChI=1S/C11H9NO3/c1-7(13)9-10(12-15-11(9)14)8-5-3-2-4-6-8/h2-6,9H,1H3. The largest absolute Gasteiger partial charge is 0.351 e. The Morgan fingerprint density at radius 1 is 1.33 bits per heavy atom. The Bertz CT molecular complexity index is 436. The molecule has 4 heteroatoms. The third kappa shape index (κ3) is 1.66. The summed E-state index contributed by atoms with van der Waals surface area (Å²) in [6.07, 6.45) is 0. The van der Waals surface area contributed by atoms with Crippen LogP contribution in [-0.4, -0.2) is 17.5 Å². The van der Waals surface area contributed by atoms with Crippen LogP contribution in [0.25, 0.3) is 0 Å². The van der Waals surface area contributed by atoms with Gasteiger partial charge in [0.1, 0.15) is 11.5 Å².